The molecule has 1 aromatic rings. The summed E-state index contributed by atoms with van der Waals surface area (Å²) in [7, 11) is 0. The Morgan fingerprint density at radius 1 is 1.38 bits per heavy atom. The van der Waals surface area contributed by atoms with Gasteiger partial charge in [0, 0.05) is 0 Å². The van der Waals surface area contributed by atoms with Crippen LogP contribution in [0.15, 0.2) is 24.8 Å². The molecule has 0 atom stereocenters. The second kappa shape index (κ2) is 4.28. The number of ether oxygens (including phenoxy) is 1. The quantitative estimate of drug-likeness (QED) is 0.742. The molecule has 0 saturated heterocycles. The first kappa shape index (κ1) is 11.2. The summed E-state index contributed by atoms with van der Waals surface area (Å²) in [5, 5.41) is 0. The zero-order chi connectivity index (χ0) is 11.6. The number of hydrogen-bond donors (Lipinski definition) is 0. The zero-order valence-electron chi connectivity index (χ0n) is 9.63. The summed E-state index contributed by atoms with van der Waals surface area (Å²) in [6, 6.07) is 4.85. The topological polar surface area (TPSA) is 9.23 Å². The van der Waals surface area contributed by atoms with Gasteiger partial charge in [0.15, 0.2) is 11.6 Å². The van der Waals surface area contributed by atoms with E-state index >= 15 is 0 Å². The minimum atomic E-state index is -0.293. The molecule has 1 aromatic carbocycles. The van der Waals surface area contributed by atoms with Crippen molar-refractivity contribution in [2.45, 2.75) is 38.2 Å². The van der Waals surface area contributed by atoms with Crippen molar-refractivity contribution in [2.75, 3.05) is 0 Å². The van der Waals surface area contributed by atoms with E-state index in [4.69, 9.17) is 4.74 Å². The molecule has 86 valence electrons. The van der Waals surface area contributed by atoms with Crippen LogP contribution < -0.4 is 4.74 Å². The van der Waals surface area contributed by atoms with Gasteiger partial charge >= 0.3 is 0 Å². The van der Waals surface area contributed by atoms with Gasteiger partial charge in [0.05, 0.1) is 0 Å². The van der Waals surface area contributed by atoms with Crippen LogP contribution in [0.25, 0.3) is 6.08 Å². The van der Waals surface area contributed by atoms with Crippen molar-refractivity contribution in [3.8, 4) is 5.75 Å². The molecule has 0 radical (unpaired) electrons. The maximum atomic E-state index is 13.6. The van der Waals surface area contributed by atoms with Crippen LogP contribution in [0.5, 0.6) is 5.75 Å². The molecule has 0 spiro atoms. The molecule has 1 fully saturated rings. The number of benzene rings is 1. The molecule has 1 nitrogen and oxygen atoms in total. The third-order valence-corrected chi connectivity index (χ3v) is 3.21. The van der Waals surface area contributed by atoms with Crippen molar-refractivity contribution in [1.29, 1.82) is 0 Å². The van der Waals surface area contributed by atoms with E-state index in [-0.39, 0.29) is 11.4 Å². The fourth-order valence-corrected chi connectivity index (χ4v) is 2.22. The van der Waals surface area contributed by atoms with Crippen LogP contribution in [0.2, 0.25) is 0 Å². The summed E-state index contributed by atoms with van der Waals surface area (Å²) in [6.07, 6.45) is 6.04. The van der Waals surface area contributed by atoms with E-state index in [2.05, 4.69) is 13.5 Å². The van der Waals surface area contributed by atoms with Gasteiger partial charge in [-0.1, -0.05) is 18.7 Å². The van der Waals surface area contributed by atoms with Gasteiger partial charge < -0.3 is 4.74 Å². The highest BCUT2D eigenvalue weighted by Crippen LogP contribution is 2.35. The zero-order valence-corrected chi connectivity index (χ0v) is 9.63. The average Bonchev–Trinajstić information content (AvgIpc) is 2.68. The Morgan fingerprint density at radius 2 is 2.06 bits per heavy atom. The minimum absolute atomic E-state index is 0.194. The van der Waals surface area contributed by atoms with Crippen LogP contribution in [-0.2, 0) is 0 Å². The standard InChI is InChI=1S/C14H17FO/c1-3-11-6-7-12(15)13(10-11)16-14(2)8-4-5-9-14/h3,6-7,10H,1,4-5,8-9H2,2H3. The maximum Gasteiger partial charge on any atom is 0.165 e. The lowest BCUT2D eigenvalue weighted by molar-refractivity contribution is 0.0913. The molecule has 0 amide bonds. The van der Waals surface area contributed by atoms with Crippen molar-refractivity contribution >= 4 is 6.08 Å². The lowest BCUT2D eigenvalue weighted by Crippen LogP contribution is -2.28. The van der Waals surface area contributed by atoms with Crippen molar-refractivity contribution in [3.05, 3.63) is 36.2 Å². The summed E-state index contributed by atoms with van der Waals surface area (Å²) in [4.78, 5) is 0. The van der Waals surface area contributed by atoms with Crippen LogP contribution in [0.1, 0.15) is 38.2 Å². The highest BCUT2D eigenvalue weighted by atomic mass is 19.1. The summed E-state index contributed by atoms with van der Waals surface area (Å²) in [5.41, 5.74) is 0.693. The Bertz CT molecular complexity index is 392. The highest BCUT2D eigenvalue weighted by Gasteiger charge is 2.31. The van der Waals surface area contributed by atoms with Crippen LogP contribution >= 0.6 is 0 Å². The summed E-state index contributed by atoms with van der Waals surface area (Å²) >= 11 is 0. The van der Waals surface area contributed by atoms with Crippen LogP contribution in [0, 0.1) is 5.82 Å². The Balaban J connectivity index is 2.22. The van der Waals surface area contributed by atoms with Gasteiger partial charge in [0.25, 0.3) is 0 Å². The first-order valence-electron chi connectivity index (χ1n) is 5.74. The molecule has 0 heterocycles. The predicted molar refractivity (Wildman–Crippen MR) is 64.0 cm³/mol. The third kappa shape index (κ3) is 2.26. The van der Waals surface area contributed by atoms with Crippen molar-refractivity contribution < 1.29 is 9.13 Å². The minimum Gasteiger partial charge on any atom is -0.484 e. The lowest BCUT2D eigenvalue weighted by atomic mass is 10.1. The van der Waals surface area contributed by atoms with Crippen molar-refractivity contribution in [2.24, 2.45) is 0 Å². The Hall–Kier alpha value is -1.31. The smallest absolute Gasteiger partial charge is 0.165 e. The first-order chi connectivity index (χ1) is 7.63. The van der Waals surface area contributed by atoms with Crippen molar-refractivity contribution in [1.82, 2.24) is 0 Å². The fourth-order valence-electron chi connectivity index (χ4n) is 2.22. The second-order valence-corrected chi connectivity index (χ2v) is 4.65. The molecule has 16 heavy (non-hydrogen) atoms. The van der Waals surface area contributed by atoms with Crippen molar-refractivity contribution in [3.63, 3.8) is 0 Å². The second-order valence-electron chi connectivity index (χ2n) is 4.65. The molecule has 1 aliphatic carbocycles. The molecule has 2 heteroatoms. The Kier molecular flexibility index (Phi) is 2.99. The van der Waals surface area contributed by atoms with Gasteiger partial charge in [-0.05, 0) is 50.3 Å². The van der Waals surface area contributed by atoms with E-state index in [0.717, 1.165) is 18.4 Å². The summed E-state index contributed by atoms with van der Waals surface area (Å²) < 4.78 is 19.4. The van der Waals surface area contributed by atoms with Gasteiger partial charge in [-0.25, -0.2) is 4.39 Å². The van der Waals surface area contributed by atoms with E-state index in [1.54, 1.807) is 18.2 Å². The Morgan fingerprint density at radius 3 is 2.69 bits per heavy atom. The molecule has 1 aliphatic rings. The normalized spacial score (nSPS) is 18.4. The molecule has 0 unspecified atom stereocenters. The summed E-state index contributed by atoms with van der Waals surface area (Å²) in [6.45, 7) is 5.73. The predicted octanol–water partition coefficient (Wildman–Crippen LogP) is 4.18. The first-order valence-corrected chi connectivity index (χ1v) is 5.74. The highest BCUT2D eigenvalue weighted by molar-refractivity contribution is 5.50. The molecule has 0 N–H and O–H groups in total. The van der Waals surface area contributed by atoms with Gasteiger partial charge in [0.1, 0.15) is 5.60 Å². The average molecular weight is 220 g/mol. The molecular weight excluding hydrogens is 203 g/mol. The largest absolute Gasteiger partial charge is 0.484 e. The molecule has 0 aliphatic heterocycles. The molecule has 0 aromatic heterocycles. The van der Waals surface area contributed by atoms with Crippen LogP contribution in [0.4, 0.5) is 4.39 Å². The van der Waals surface area contributed by atoms with E-state index < -0.39 is 0 Å². The van der Waals surface area contributed by atoms with E-state index in [1.807, 2.05) is 0 Å². The summed E-state index contributed by atoms with van der Waals surface area (Å²) in [5.74, 6) is 0.0560. The number of halogens is 1. The van der Waals surface area contributed by atoms with Gasteiger partial charge in [-0.15, -0.1) is 0 Å². The van der Waals surface area contributed by atoms with Crippen LogP contribution in [-0.4, -0.2) is 5.60 Å². The fraction of sp³-hybridized carbons (Fsp3) is 0.429. The van der Waals surface area contributed by atoms with E-state index in [1.165, 1.54) is 18.9 Å². The monoisotopic (exact) mass is 220 g/mol. The van der Waals surface area contributed by atoms with Gasteiger partial charge in [-0.2, -0.15) is 0 Å². The molecule has 2 rings (SSSR count). The number of hydrogen-bond acceptors (Lipinski definition) is 1. The number of rotatable bonds is 3. The molecular formula is C14H17FO. The maximum absolute atomic E-state index is 13.6. The van der Waals surface area contributed by atoms with Crippen LogP contribution in [0.3, 0.4) is 0 Å². The SMILES string of the molecule is C=Cc1ccc(F)c(OC2(C)CCCC2)c1. The molecule has 0 bridgehead atoms. The Labute approximate surface area is 95.9 Å². The van der Waals surface area contributed by atoms with E-state index in [9.17, 15) is 4.39 Å². The van der Waals surface area contributed by atoms with E-state index in [0.29, 0.717) is 5.75 Å². The van der Waals surface area contributed by atoms with Gasteiger partial charge in [0.2, 0.25) is 0 Å². The molecule has 1 saturated carbocycles. The lowest BCUT2D eigenvalue weighted by Gasteiger charge is -2.26. The van der Waals surface area contributed by atoms with Gasteiger partial charge in [-0.3, -0.25) is 0 Å². The third-order valence-electron chi connectivity index (χ3n) is 3.21.